The highest BCUT2D eigenvalue weighted by Gasteiger charge is 2.22. The van der Waals surface area contributed by atoms with Crippen LogP contribution in [-0.2, 0) is 9.53 Å². The minimum atomic E-state index is -0.120. The van der Waals surface area contributed by atoms with Gasteiger partial charge in [-0.1, -0.05) is 6.08 Å². The van der Waals surface area contributed by atoms with E-state index in [0.717, 1.165) is 18.1 Å². The van der Waals surface area contributed by atoms with Crippen LogP contribution in [0.3, 0.4) is 0 Å². The second-order valence-electron chi connectivity index (χ2n) is 7.39. The molecule has 0 spiro atoms. The molecule has 2 aliphatic rings. The highest BCUT2D eigenvalue weighted by Crippen LogP contribution is 2.30. The Hall–Kier alpha value is -3.16. The summed E-state index contributed by atoms with van der Waals surface area (Å²) < 4.78 is 17.3. The van der Waals surface area contributed by atoms with E-state index >= 15 is 0 Å². The molecule has 2 aromatic rings. The molecule has 0 saturated heterocycles. The lowest BCUT2D eigenvalue weighted by molar-refractivity contribution is -0.119. The number of oxazole rings is 1. The number of aromatic nitrogens is 2. The van der Waals surface area contributed by atoms with Crippen molar-refractivity contribution in [3.8, 4) is 5.88 Å². The summed E-state index contributed by atoms with van der Waals surface area (Å²) in [5, 5.41) is 2.76. The van der Waals surface area contributed by atoms with Crippen molar-refractivity contribution in [2.24, 2.45) is 10.9 Å². The normalized spacial score (nSPS) is 17.3. The van der Waals surface area contributed by atoms with Crippen LogP contribution in [0, 0.1) is 5.92 Å². The van der Waals surface area contributed by atoms with Gasteiger partial charge in [-0.05, 0) is 31.8 Å². The maximum atomic E-state index is 11.1. The first-order valence-electron chi connectivity index (χ1n) is 9.80. The number of aliphatic imine (C=N–C) groups is 1. The first-order valence-corrected chi connectivity index (χ1v) is 9.80. The third kappa shape index (κ3) is 5.22. The fourth-order valence-electron chi connectivity index (χ4n) is 2.87. The summed E-state index contributed by atoms with van der Waals surface area (Å²) in [6.45, 7) is 4.39. The van der Waals surface area contributed by atoms with Crippen LogP contribution < -0.4 is 10.1 Å². The number of carbonyl (C=O) groups excluding carboxylic acids is 1. The number of allylic oxidation sites excluding steroid dienone is 2. The number of pyridine rings is 1. The van der Waals surface area contributed by atoms with Gasteiger partial charge >= 0.3 is 0 Å². The summed E-state index contributed by atoms with van der Waals surface area (Å²) in [5.74, 6) is 2.22. The van der Waals surface area contributed by atoms with E-state index in [1.54, 1.807) is 18.5 Å². The van der Waals surface area contributed by atoms with Crippen molar-refractivity contribution < 1.29 is 18.7 Å². The zero-order chi connectivity index (χ0) is 20.2. The Morgan fingerprint density at radius 1 is 1.38 bits per heavy atom. The molecule has 0 aromatic carbocycles. The van der Waals surface area contributed by atoms with Crippen molar-refractivity contribution >= 4 is 22.7 Å². The van der Waals surface area contributed by atoms with Gasteiger partial charge in [-0.25, -0.2) is 9.97 Å². The van der Waals surface area contributed by atoms with Crippen LogP contribution in [0.15, 0.2) is 45.8 Å². The SMILES string of the molecule is CC(=O)N[C@@H](C)COc1cc2oc(C3=NC=C(OCC4CC4)C=CC3)nc2cn1. The largest absolute Gasteiger partial charge is 0.492 e. The molecule has 0 bridgehead atoms. The number of rotatable bonds is 8. The Kier molecular flexibility index (Phi) is 5.59. The molecule has 1 aliphatic carbocycles. The Bertz CT molecular complexity index is 988. The molecule has 1 aliphatic heterocycles. The number of fused-ring (bicyclic) bond motifs is 1. The molecule has 0 unspecified atom stereocenters. The first-order chi connectivity index (χ1) is 14.1. The Balaban J connectivity index is 1.44. The van der Waals surface area contributed by atoms with Gasteiger partial charge in [0.2, 0.25) is 17.7 Å². The lowest BCUT2D eigenvalue weighted by Gasteiger charge is -2.12. The quantitative estimate of drug-likeness (QED) is 0.736. The smallest absolute Gasteiger partial charge is 0.242 e. The van der Waals surface area contributed by atoms with Gasteiger partial charge < -0.3 is 19.2 Å². The van der Waals surface area contributed by atoms with E-state index in [0.29, 0.717) is 41.8 Å². The second-order valence-corrected chi connectivity index (χ2v) is 7.39. The highest BCUT2D eigenvalue weighted by atomic mass is 16.5. The third-order valence-electron chi connectivity index (χ3n) is 4.55. The van der Waals surface area contributed by atoms with Gasteiger partial charge in [0.25, 0.3) is 0 Å². The molecule has 1 saturated carbocycles. The molecule has 1 N–H and O–H groups in total. The molecule has 0 radical (unpaired) electrons. The van der Waals surface area contributed by atoms with Crippen LogP contribution in [0.2, 0.25) is 0 Å². The van der Waals surface area contributed by atoms with Crippen molar-refractivity contribution in [3.05, 3.63) is 42.3 Å². The average Bonchev–Trinajstić information content (AvgIpc) is 3.46. The highest BCUT2D eigenvalue weighted by molar-refractivity contribution is 6.00. The van der Waals surface area contributed by atoms with E-state index in [4.69, 9.17) is 13.9 Å². The summed E-state index contributed by atoms with van der Waals surface area (Å²) >= 11 is 0. The minimum absolute atomic E-state index is 0.0993. The van der Waals surface area contributed by atoms with Gasteiger partial charge in [-0.2, -0.15) is 0 Å². The van der Waals surface area contributed by atoms with Crippen LogP contribution in [0.5, 0.6) is 5.88 Å². The third-order valence-corrected chi connectivity index (χ3v) is 4.55. The lowest BCUT2D eigenvalue weighted by atomic mass is 10.2. The molecule has 3 heterocycles. The van der Waals surface area contributed by atoms with Gasteiger partial charge in [0.1, 0.15) is 23.6 Å². The summed E-state index contributed by atoms with van der Waals surface area (Å²) in [5.41, 5.74) is 1.93. The minimum Gasteiger partial charge on any atom is -0.492 e. The molecule has 8 nitrogen and oxygen atoms in total. The van der Waals surface area contributed by atoms with Gasteiger partial charge in [0.15, 0.2) is 5.58 Å². The first kappa shape index (κ1) is 19.2. The molecule has 1 amide bonds. The van der Waals surface area contributed by atoms with Gasteiger partial charge in [-0.3, -0.25) is 9.79 Å². The monoisotopic (exact) mass is 396 g/mol. The van der Waals surface area contributed by atoms with Crippen LogP contribution in [0.1, 0.15) is 39.0 Å². The lowest BCUT2D eigenvalue weighted by Crippen LogP contribution is -2.35. The number of amides is 1. The van der Waals surface area contributed by atoms with Gasteiger partial charge in [0, 0.05) is 19.4 Å². The standard InChI is InChI=1S/C21H24N4O4/c1-13(24-14(2)26)11-28-20-8-19-18(10-23-20)25-21(29-19)17-5-3-4-16(9-22-17)27-12-15-6-7-15/h3-4,8-10,13,15H,5-7,11-12H2,1-2H3,(H,24,26)/t13-/m0/s1. The van der Waals surface area contributed by atoms with E-state index in [9.17, 15) is 4.79 Å². The fraction of sp³-hybridized carbons (Fsp3) is 0.429. The van der Waals surface area contributed by atoms with E-state index in [2.05, 4.69) is 20.3 Å². The molecule has 1 atom stereocenters. The van der Waals surface area contributed by atoms with Gasteiger partial charge in [-0.15, -0.1) is 0 Å². The van der Waals surface area contributed by atoms with Crippen molar-refractivity contribution in [1.29, 1.82) is 0 Å². The van der Waals surface area contributed by atoms with Crippen molar-refractivity contribution in [2.75, 3.05) is 13.2 Å². The predicted octanol–water partition coefficient (Wildman–Crippen LogP) is 3.14. The molecule has 152 valence electrons. The van der Waals surface area contributed by atoms with Crippen LogP contribution in [0.4, 0.5) is 0 Å². The van der Waals surface area contributed by atoms with Crippen molar-refractivity contribution in [3.63, 3.8) is 0 Å². The van der Waals surface area contributed by atoms with Crippen LogP contribution in [-0.4, -0.2) is 40.8 Å². The van der Waals surface area contributed by atoms with E-state index in [1.165, 1.54) is 19.8 Å². The number of ether oxygens (including phenoxy) is 2. The van der Waals surface area contributed by atoms with Crippen molar-refractivity contribution in [1.82, 2.24) is 15.3 Å². The Morgan fingerprint density at radius 3 is 3.03 bits per heavy atom. The van der Waals surface area contributed by atoms with E-state index < -0.39 is 0 Å². The Morgan fingerprint density at radius 2 is 2.24 bits per heavy atom. The van der Waals surface area contributed by atoms with Crippen LogP contribution >= 0.6 is 0 Å². The average molecular weight is 396 g/mol. The second kappa shape index (κ2) is 8.46. The molecule has 8 heteroatoms. The number of nitrogens with one attached hydrogen (secondary N) is 1. The summed E-state index contributed by atoms with van der Waals surface area (Å²) in [6, 6.07) is 1.57. The number of hydrogen-bond donors (Lipinski definition) is 1. The molecule has 4 rings (SSSR count). The number of carbonyl (C=O) groups is 1. The zero-order valence-corrected chi connectivity index (χ0v) is 16.6. The molecule has 1 fully saturated rings. The van der Waals surface area contributed by atoms with E-state index in [1.807, 2.05) is 19.1 Å². The predicted molar refractivity (Wildman–Crippen MR) is 108 cm³/mol. The van der Waals surface area contributed by atoms with Crippen LogP contribution in [0.25, 0.3) is 11.1 Å². The molecule has 29 heavy (non-hydrogen) atoms. The number of nitrogens with zero attached hydrogens (tertiary/aromatic N) is 3. The molecular weight excluding hydrogens is 372 g/mol. The topological polar surface area (TPSA) is 98.8 Å². The molecule has 2 aromatic heterocycles. The van der Waals surface area contributed by atoms with E-state index in [-0.39, 0.29) is 11.9 Å². The summed E-state index contributed by atoms with van der Waals surface area (Å²) in [4.78, 5) is 24.3. The zero-order valence-electron chi connectivity index (χ0n) is 16.6. The summed E-state index contributed by atoms with van der Waals surface area (Å²) in [7, 11) is 0. The van der Waals surface area contributed by atoms with Crippen molar-refractivity contribution in [2.45, 2.75) is 39.2 Å². The maximum Gasteiger partial charge on any atom is 0.242 e. The maximum absolute atomic E-state index is 11.1. The fourth-order valence-corrected chi connectivity index (χ4v) is 2.87. The summed E-state index contributed by atoms with van der Waals surface area (Å²) in [6.07, 6.45) is 10.4. The number of hydrogen-bond acceptors (Lipinski definition) is 7. The van der Waals surface area contributed by atoms with Gasteiger partial charge in [0.05, 0.1) is 25.0 Å². The Labute approximate surface area is 168 Å². The molecular formula is C21H24N4O4.